The molecule has 0 unspecified atom stereocenters. The summed E-state index contributed by atoms with van der Waals surface area (Å²) >= 11 is 0. The highest BCUT2D eigenvalue weighted by atomic mass is 15.2. The van der Waals surface area contributed by atoms with E-state index in [1.54, 1.807) is 0 Å². The largest absolute Gasteiger partial charge is 0.310 e. The number of fused-ring (bicyclic) bond motifs is 10. The Kier molecular flexibility index (Phi) is 12.7. The van der Waals surface area contributed by atoms with Crippen LogP contribution >= 0.6 is 0 Å². The first-order valence-corrected chi connectivity index (χ1v) is 32.9. The Balaban J connectivity index is 0.988. The van der Waals surface area contributed by atoms with E-state index in [0.29, 0.717) is 0 Å². The predicted octanol–water partition coefficient (Wildman–Crippen LogP) is 22.0. The molecule has 0 amide bonds. The highest BCUT2D eigenvalue weighted by molar-refractivity contribution is 7.00. The van der Waals surface area contributed by atoms with Crippen molar-refractivity contribution < 1.29 is 0 Å². The van der Waals surface area contributed by atoms with Crippen LogP contribution in [0.25, 0.3) is 122 Å². The fraction of sp³-hybridized carbons (Fsp3) is 0. The van der Waals surface area contributed by atoms with Gasteiger partial charge < -0.3 is 18.9 Å². The Morgan fingerprint density at radius 1 is 0.200 bits per heavy atom. The molecule has 442 valence electrons. The SMILES string of the molecule is c1ccc(-c2ccc(-c3cc4c5c(c3)N(c3c(-c6ccccc6)cccc3-c3ccccc3)c3cc(-n6c7ccccc7c7ccccc76)ccc3B5c3ccc(-n5c6ccccc6c6ccccc65)cc3N4c3c(-c4ccccc4)cccc3-c3ccccc3)cc2)cc1. The van der Waals surface area contributed by atoms with Crippen LogP contribution in [0.4, 0.5) is 34.1 Å². The summed E-state index contributed by atoms with van der Waals surface area (Å²) in [6, 6.07) is 133. The Morgan fingerprint density at radius 2 is 0.484 bits per heavy atom. The van der Waals surface area contributed by atoms with Gasteiger partial charge in [-0.1, -0.05) is 297 Å². The van der Waals surface area contributed by atoms with Crippen LogP contribution in [0, 0.1) is 0 Å². The Bertz CT molecular complexity index is 5300. The van der Waals surface area contributed by atoms with Gasteiger partial charge in [-0.2, -0.15) is 0 Å². The number of nitrogens with zero attached hydrogens (tertiary/aromatic N) is 4. The summed E-state index contributed by atoms with van der Waals surface area (Å²) in [5.41, 5.74) is 30.8. The van der Waals surface area contributed by atoms with E-state index in [0.717, 1.165) is 123 Å². The van der Waals surface area contributed by atoms with Crippen molar-refractivity contribution in [1.82, 2.24) is 9.13 Å². The zero-order valence-electron chi connectivity index (χ0n) is 51.9. The molecule has 0 saturated heterocycles. The lowest BCUT2D eigenvalue weighted by Gasteiger charge is -2.46. The molecule has 0 N–H and O–H groups in total. The molecule has 0 aliphatic carbocycles. The van der Waals surface area contributed by atoms with Crippen molar-refractivity contribution in [3.63, 3.8) is 0 Å². The van der Waals surface area contributed by atoms with Gasteiger partial charge >= 0.3 is 0 Å². The quantitative estimate of drug-likeness (QED) is 0.127. The van der Waals surface area contributed by atoms with E-state index < -0.39 is 0 Å². The van der Waals surface area contributed by atoms with Crippen molar-refractivity contribution in [3.05, 3.63) is 358 Å². The van der Waals surface area contributed by atoms with Crippen LogP contribution in [0.5, 0.6) is 0 Å². The molecule has 0 spiro atoms. The molecule has 2 aliphatic rings. The summed E-state index contributed by atoms with van der Waals surface area (Å²) in [7, 11) is 0. The molecule has 95 heavy (non-hydrogen) atoms. The molecule has 19 rings (SSSR count). The molecule has 5 heteroatoms. The summed E-state index contributed by atoms with van der Waals surface area (Å²) < 4.78 is 4.96. The molecule has 0 fully saturated rings. The van der Waals surface area contributed by atoms with Gasteiger partial charge in [-0.25, -0.2) is 0 Å². The molecule has 4 nitrogen and oxygen atoms in total. The second kappa shape index (κ2) is 22.2. The molecule has 0 atom stereocenters. The van der Waals surface area contributed by atoms with Crippen LogP contribution in [0.2, 0.25) is 0 Å². The monoisotopic (exact) mass is 1210 g/mol. The van der Waals surface area contributed by atoms with Gasteiger partial charge in [-0.3, -0.25) is 0 Å². The van der Waals surface area contributed by atoms with E-state index in [1.807, 2.05) is 0 Å². The smallest absolute Gasteiger partial charge is 0.252 e. The maximum atomic E-state index is 2.67. The standard InChI is InChI=1S/C90H59BN4/c1-6-26-60(27-7-1)61-48-50-62(51-49-61)67-56-86-88-87(57-67)95(90-72(65-32-12-4-13-33-65)42-25-43-73(90)66-34-14-5-15-35-66)85-59-69(93-82-46-22-18-38-76(82)77-39-19-23-47-83(77)93)53-55-79(85)91(88)78-54-52-68(92-80-44-20-16-36-74(80)75-37-17-21-45-81(75)92)58-84(78)94(86)89-70(63-28-8-2-9-29-63)40-24-41-71(89)64-30-10-3-11-31-64/h1-59H. The lowest BCUT2D eigenvalue weighted by atomic mass is 9.33. The number of hydrogen-bond donors (Lipinski definition) is 0. The van der Waals surface area contributed by atoms with Gasteiger partial charge in [0.15, 0.2) is 0 Å². The molecule has 0 saturated carbocycles. The van der Waals surface area contributed by atoms with Gasteiger partial charge in [-0.05, 0) is 122 Å². The predicted molar refractivity (Wildman–Crippen MR) is 402 cm³/mol. The molecule has 17 aromatic rings. The summed E-state index contributed by atoms with van der Waals surface area (Å²) in [6.45, 7) is -0.237. The van der Waals surface area contributed by atoms with E-state index in [2.05, 4.69) is 377 Å². The minimum Gasteiger partial charge on any atom is -0.310 e. The van der Waals surface area contributed by atoms with Gasteiger partial charge in [0.1, 0.15) is 0 Å². The summed E-state index contributed by atoms with van der Waals surface area (Å²) in [5.74, 6) is 0. The molecule has 15 aromatic carbocycles. The minimum absolute atomic E-state index is 0.237. The second-order valence-corrected chi connectivity index (χ2v) is 25.1. The van der Waals surface area contributed by atoms with Crippen molar-refractivity contribution >= 4 is 101 Å². The van der Waals surface area contributed by atoms with Crippen molar-refractivity contribution in [1.29, 1.82) is 0 Å². The number of hydrogen-bond acceptors (Lipinski definition) is 2. The van der Waals surface area contributed by atoms with Crippen LogP contribution in [0.15, 0.2) is 358 Å². The fourth-order valence-corrected chi connectivity index (χ4v) is 15.8. The highest BCUT2D eigenvalue weighted by Gasteiger charge is 2.46. The van der Waals surface area contributed by atoms with E-state index in [4.69, 9.17) is 0 Å². The zero-order chi connectivity index (χ0) is 62.5. The average Bonchev–Trinajstić information content (AvgIpc) is 1.16. The van der Waals surface area contributed by atoms with Gasteiger partial charge in [-0.15, -0.1) is 0 Å². The first-order chi connectivity index (χ1) is 47.2. The van der Waals surface area contributed by atoms with E-state index in [9.17, 15) is 0 Å². The molecule has 2 aromatic heterocycles. The Hall–Kier alpha value is -12.4. The van der Waals surface area contributed by atoms with E-state index in [1.165, 1.54) is 49.1 Å². The van der Waals surface area contributed by atoms with Crippen LogP contribution in [-0.2, 0) is 0 Å². The van der Waals surface area contributed by atoms with Gasteiger partial charge in [0.2, 0.25) is 0 Å². The third-order valence-corrected chi connectivity index (χ3v) is 19.9. The summed E-state index contributed by atoms with van der Waals surface area (Å²) in [4.78, 5) is 5.34. The third-order valence-electron chi connectivity index (χ3n) is 19.9. The van der Waals surface area contributed by atoms with Crippen molar-refractivity contribution in [2.45, 2.75) is 0 Å². The maximum Gasteiger partial charge on any atom is 0.252 e. The number of benzene rings is 15. The Morgan fingerprint density at radius 3 is 0.821 bits per heavy atom. The summed E-state index contributed by atoms with van der Waals surface area (Å²) in [5, 5.41) is 4.90. The topological polar surface area (TPSA) is 16.3 Å². The van der Waals surface area contributed by atoms with Crippen LogP contribution in [0.1, 0.15) is 0 Å². The van der Waals surface area contributed by atoms with Crippen LogP contribution in [-0.4, -0.2) is 15.8 Å². The van der Waals surface area contributed by atoms with Crippen molar-refractivity contribution in [2.75, 3.05) is 9.80 Å². The van der Waals surface area contributed by atoms with Gasteiger partial charge in [0, 0.05) is 77.9 Å². The molecular weight excluding hydrogens is 1150 g/mol. The number of aromatic nitrogens is 2. The highest BCUT2D eigenvalue weighted by Crippen LogP contribution is 2.54. The fourth-order valence-electron chi connectivity index (χ4n) is 15.8. The lowest BCUT2D eigenvalue weighted by Crippen LogP contribution is -2.61. The van der Waals surface area contributed by atoms with Crippen LogP contribution < -0.4 is 26.2 Å². The van der Waals surface area contributed by atoms with Crippen LogP contribution in [0.3, 0.4) is 0 Å². The Labute approximate surface area is 552 Å². The third kappa shape index (κ3) is 8.70. The molecule has 0 radical (unpaired) electrons. The average molecular weight is 1210 g/mol. The first kappa shape index (κ1) is 54.3. The second-order valence-electron chi connectivity index (χ2n) is 25.1. The lowest BCUT2D eigenvalue weighted by molar-refractivity contribution is 1.17. The normalized spacial score (nSPS) is 12.4. The van der Waals surface area contributed by atoms with Gasteiger partial charge in [0.05, 0.1) is 33.4 Å². The number of rotatable bonds is 10. The van der Waals surface area contributed by atoms with Crippen molar-refractivity contribution in [3.8, 4) is 78.1 Å². The first-order valence-electron chi connectivity index (χ1n) is 32.9. The number of anilines is 6. The molecule has 2 aliphatic heterocycles. The minimum atomic E-state index is -0.237. The molecule has 0 bridgehead atoms. The zero-order valence-corrected chi connectivity index (χ0v) is 51.9. The van der Waals surface area contributed by atoms with Crippen molar-refractivity contribution in [2.24, 2.45) is 0 Å². The number of para-hydroxylation sites is 6. The van der Waals surface area contributed by atoms with E-state index in [-0.39, 0.29) is 6.71 Å². The maximum absolute atomic E-state index is 2.67. The molecule has 4 heterocycles. The van der Waals surface area contributed by atoms with E-state index >= 15 is 0 Å². The summed E-state index contributed by atoms with van der Waals surface area (Å²) in [6.07, 6.45) is 0. The van der Waals surface area contributed by atoms with Gasteiger partial charge in [0.25, 0.3) is 6.71 Å². The molecular formula is C90H59BN4.